The summed E-state index contributed by atoms with van der Waals surface area (Å²) in [5.74, 6) is 1.52. The van der Waals surface area contributed by atoms with E-state index in [1.807, 2.05) is 24.0 Å². The summed E-state index contributed by atoms with van der Waals surface area (Å²) >= 11 is 0. The lowest BCUT2D eigenvalue weighted by molar-refractivity contribution is -0.135. The molecule has 0 unspecified atom stereocenters. The second-order valence-electron chi connectivity index (χ2n) is 5.64. The Morgan fingerprint density at radius 3 is 2.89 bits per heavy atom. The molecule has 2 rings (SSSR count). The molecule has 1 saturated heterocycles. The quantitative estimate of drug-likeness (QED) is 0.837. The summed E-state index contributed by atoms with van der Waals surface area (Å²) in [5.41, 5.74) is 2.29. The molecule has 0 radical (unpaired) electrons. The van der Waals surface area contributed by atoms with Crippen molar-refractivity contribution in [2.24, 2.45) is 5.92 Å². The third-order valence-electron chi connectivity index (χ3n) is 3.69. The molecule has 0 N–H and O–H groups in total. The first kappa shape index (κ1) is 13.9. The van der Waals surface area contributed by atoms with E-state index in [4.69, 9.17) is 4.74 Å². The highest BCUT2D eigenvalue weighted by Gasteiger charge is 2.21. The van der Waals surface area contributed by atoms with E-state index < -0.39 is 0 Å². The van der Waals surface area contributed by atoms with Gasteiger partial charge in [0.25, 0.3) is 5.91 Å². The fourth-order valence-corrected chi connectivity index (χ4v) is 2.61. The van der Waals surface area contributed by atoms with E-state index >= 15 is 0 Å². The summed E-state index contributed by atoms with van der Waals surface area (Å²) < 4.78 is 5.65. The lowest BCUT2D eigenvalue weighted by Gasteiger charge is -2.30. The van der Waals surface area contributed by atoms with Gasteiger partial charge in [-0.1, -0.05) is 24.6 Å². The van der Waals surface area contributed by atoms with Crippen LogP contribution < -0.4 is 4.74 Å². The average molecular weight is 261 g/mol. The molecule has 0 aromatic heterocycles. The number of amides is 1. The molecule has 19 heavy (non-hydrogen) atoms. The molecular formula is C16H23NO2. The Kier molecular flexibility index (Phi) is 4.46. The molecule has 1 aliphatic heterocycles. The predicted octanol–water partition coefficient (Wildman–Crippen LogP) is 2.94. The predicted molar refractivity (Wildman–Crippen MR) is 76.4 cm³/mol. The summed E-state index contributed by atoms with van der Waals surface area (Å²) in [6.45, 7) is 8.16. The van der Waals surface area contributed by atoms with Crippen molar-refractivity contribution in [3.63, 3.8) is 0 Å². The molecule has 0 spiro atoms. The summed E-state index contributed by atoms with van der Waals surface area (Å²) in [4.78, 5) is 14.0. The Labute approximate surface area is 115 Å². The van der Waals surface area contributed by atoms with Crippen molar-refractivity contribution in [1.82, 2.24) is 4.90 Å². The number of likely N-dealkylation sites (tertiary alicyclic amines) is 1. The standard InChI is InChI=1S/C16H23NO2/c1-12-6-7-15(14(3)9-12)19-11-16(18)17-8-4-5-13(2)10-17/h6-7,9,13H,4-5,8,10-11H2,1-3H3/t13-/m0/s1. The number of hydrogen-bond donors (Lipinski definition) is 0. The number of hydrogen-bond acceptors (Lipinski definition) is 2. The van der Waals surface area contributed by atoms with E-state index in [9.17, 15) is 4.79 Å². The molecule has 3 heteroatoms. The lowest BCUT2D eigenvalue weighted by atomic mass is 10.0. The third-order valence-corrected chi connectivity index (χ3v) is 3.69. The highest BCUT2D eigenvalue weighted by atomic mass is 16.5. The third kappa shape index (κ3) is 3.72. The molecule has 1 atom stereocenters. The molecule has 1 aromatic rings. The van der Waals surface area contributed by atoms with Crippen LogP contribution in [0.15, 0.2) is 18.2 Å². The highest BCUT2D eigenvalue weighted by molar-refractivity contribution is 5.77. The Morgan fingerprint density at radius 1 is 1.42 bits per heavy atom. The van der Waals surface area contributed by atoms with Gasteiger partial charge in [0.15, 0.2) is 6.61 Å². The molecule has 1 heterocycles. The molecule has 3 nitrogen and oxygen atoms in total. The second-order valence-corrected chi connectivity index (χ2v) is 5.64. The van der Waals surface area contributed by atoms with Gasteiger partial charge < -0.3 is 9.64 Å². The van der Waals surface area contributed by atoms with Gasteiger partial charge in [0.2, 0.25) is 0 Å². The van der Waals surface area contributed by atoms with Crippen LogP contribution in [0.5, 0.6) is 5.75 Å². The average Bonchev–Trinajstić information content (AvgIpc) is 2.37. The molecule has 0 aliphatic carbocycles. The maximum Gasteiger partial charge on any atom is 0.260 e. The summed E-state index contributed by atoms with van der Waals surface area (Å²) in [6, 6.07) is 6.02. The molecule has 1 aliphatic rings. The van der Waals surface area contributed by atoms with Crippen LogP contribution in [0.3, 0.4) is 0 Å². The number of nitrogens with zero attached hydrogens (tertiary/aromatic N) is 1. The number of rotatable bonds is 3. The summed E-state index contributed by atoms with van der Waals surface area (Å²) in [6.07, 6.45) is 2.33. The topological polar surface area (TPSA) is 29.5 Å². The number of carbonyl (C=O) groups excluding carboxylic acids is 1. The van der Waals surface area contributed by atoms with Crippen LogP contribution in [-0.4, -0.2) is 30.5 Å². The summed E-state index contributed by atoms with van der Waals surface area (Å²) in [5, 5.41) is 0. The van der Waals surface area contributed by atoms with Gasteiger partial charge in [-0.05, 0) is 44.2 Å². The first-order chi connectivity index (χ1) is 9.06. The van der Waals surface area contributed by atoms with Crippen LogP contribution in [0, 0.1) is 19.8 Å². The number of ether oxygens (including phenoxy) is 1. The number of carbonyl (C=O) groups is 1. The molecule has 0 bridgehead atoms. The lowest BCUT2D eigenvalue weighted by Crippen LogP contribution is -2.41. The van der Waals surface area contributed by atoms with Gasteiger partial charge in [-0.25, -0.2) is 0 Å². The van der Waals surface area contributed by atoms with Gasteiger partial charge in [-0.3, -0.25) is 4.79 Å². The fourth-order valence-electron chi connectivity index (χ4n) is 2.61. The minimum atomic E-state index is 0.103. The van der Waals surface area contributed by atoms with E-state index in [0.717, 1.165) is 30.8 Å². The fraction of sp³-hybridized carbons (Fsp3) is 0.562. The zero-order chi connectivity index (χ0) is 13.8. The van der Waals surface area contributed by atoms with Gasteiger partial charge in [0.05, 0.1) is 0 Å². The number of benzene rings is 1. The van der Waals surface area contributed by atoms with E-state index in [-0.39, 0.29) is 12.5 Å². The van der Waals surface area contributed by atoms with Crippen molar-refractivity contribution < 1.29 is 9.53 Å². The number of aryl methyl sites for hydroxylation is 2. The van der Waals surface area contributed by atoms with E-state index in [2.05, 4.69) is 19.9 Å². The van der Waals surface area contributed by atoms with Crippen molar-refractivity contribution in [2.75, 3.05) is 19.7 Å². The minimum absolute atomic E-state index is 0.103. The zero-order valence-electron chi connectivity index (χ0n) is 12.1. The van der Waals surface area contributed by atoms with Gasteiger partial charge in [-0.2, -0.15) is 0 Å². The Hall–Kier alpha value is -1.51. The normalized spacial score (nSPS) is 19.3. The molecule has 1 aromatic carbocycles. The molecule has 104 valence electrons. The maximum atomic E-state index is 12.1. The first-order valence-corrected chi connectivity index (χ1v) is 7.04. The largest absolute Gasteiger partial charge is 0.484 e. The molecule has 1 amide bonds. The van der Waals surface area contributed by atoms with Crippen molar-refractivity contribution in [1.29, 1.82) is 0 Å². The molecule has 1 fully saturated rings. The van der Waals surface area contributed by atoms with Crippen molar-refractivity contribution in [3.8, 4) is 5.75 Å². The number of piperidine rings is 1. The smallest absolute Gasteiger partial charge is 0.260 e. The van der Waals surface area contributed by atoms with Crippen LogP contribution in [0.1, 0.15) is 30.9 Å². The highest BCUT2D eigenvalue weighted by Crippen LogP contribution is 2.19. The monoisotopic (exact) mass is 261 g/mol. The summed E-state index contributed by atoms with van der Waals surface area (Å²) in [7, 11) is 0. The van der Waals surface area contributed by atoms with E-state index in [1.54, 1.807) is 0 Å². The Balaban J connectivity index is 1.89. The van der Waals surface area contributed by atoms with Crippen LogP contribution in [0.2, 0.25) is 0 Å². The Bertz CT molecular complexity index is 456. The molecular weight excluding hydrogens is 238 g/mol. The van der Waals surface area contributed by atoms with Crippen molar-refractivity contribution in [2.45, 2.75) is 33.6 Å². The van der Waals surface area contributed by atoms with Gasteiger partial charge in [-0.15, -0.1) is 0 Å². The van der Waals surface area contributed by atoms with Crippen LogP contribution in [0.25, 0.3) is 0 Å². The van der Waals surface area contributed by atoms with E-state index in [1.165, 1.54) is 12.0 Å². The molecule has 0 saturated carbocycles. The van der Waals surface area contributed by atoms with Crippen molar-refractivity contribution >= 4 is 5.91 Å². The Morgan fingerprint density at radius 2 is 2.21 bits per heavy atom. The second kappa shape index (κ2) is 6.09. The van der Waals surface area contributed by atoms with Gasteiger partial charge in [0.1, 0.15) is 5.75 Å². The first-order valence-electron chi connectivity index (χ1n) is 7.04. The van der Waals surface area contributed by atoms with Crippen molar-refractivity contribution in [3.05, 3.63) is 29.3 Å². The van der Waals surface area contributed by atoms with Gasteiger partial charge >= 0.3 is 0 Å². The van der Waals surface area contributed by atoms with Crippen LogP contribution in [0.4, 0.5) is 0 Å². The van der Waals surface area contributed by atoms with E-state index in [0.29, 0.717) is 5.92 Å². The van der Waals surface area contributed by atoms with Gasteiger partial charge in [0, 0.05) is 13.1 Å². The van der Waals surface area contributed by atoms with Crippen LogP contribution in [-0.2, 0) is 4.79 Å². The SMILES string of the molecule is Cc1ccc(OCC(=O)N2CCC[C@H](C)C2)c(C)c1. The maximum absolute atomic E-state index is 12.1. The van der Waals surface area contributed by atoms with Crippen LogP contribution >= 0.6 is 0 Å². The minimum Gasteiger partial charge on any atom is -0.484 e. The zero-order valence-corrected chi connectivity index (χ0v) is 12.1.